The van der Waals surface area contributed by atoms with Crippen molar-refractivity contribution in [2.45, 2.75) is 20.3 Å². The van der Waals surface area contributed by atoms with Gasteiger partial charge < -0.3 is 5.32 Å². The third-order valence-corrected chi connectivity index (χ3v) is 3.13. The number of aryl methyl sites for hydroxylation is 1. The van der Waals surface area contributed by atoms with Gasteiger partial charge >= 0.3 is 0 Å². The van der Waals surface area contributed by atoms with Crippen LogP contribution in [0.5, 0.6) is 0 Å². The van der Waals surface area contributed by atoms with Crippen molar-refractivity contribution < 1.29 is 0 Å². The fourth-order valence-electron chi connectivity index (χ4n) is 1.55. The maximum Gasteiger partial charge on any atom is 0.0901 e. The molecule has 0 aliphatic rings. The largest absolute Gasteiger partial charge is 0.385 e. The lowest BCUT2D eigenvalue weighted by Crippen LogP contribution is -1.99. The highest BCUT2D eigenvalue weighted by Gasteiger charge is 2.02. The highest BCUT2D eigenvalue weighted by atomic mass is 32.1. The molecule has 2 nitrogen and oxygen atoms in total. The zero-order chi connectivity index (χ0) is 11.4. The topological polar surface area (TPSA) is 24.9 Å². The number of benzene rings is 1. The van der Waals surface area contributed by atoms with E-state index in [0.717, 1.165) is 23.7 Å². The molecule has 0 aliphatic carbocycles. The van der Waals surface area contributed by atoms with E-state index in [1.807, 2.05) is 6.92 Å². The van der Waals surface area contributed by atoms with Crippen LogP contribution >= 0.6 is 11.3 Å². The lowest BCUT2D eigenvalue weighted by molar-refractivity contribution is 0.980. The summed E-state index contributed by atoms with van der Waals surface area (Å²) in [5, 5.41) is 6.61. The van der Waals surface area contributed by atoms with Gasteiger partial charge in [0.05, 0.1) is 10.7 Å². The van der Waals surface area contributed by atoms with Crippen LogP contribution in [0.15, 0.2) is 29.6 Å². The van der Waals surface area contributed by atoms with Gasteiger partial charge in [0, 0.05) is 23.2 Å². The van der Waals surface area contributed by atoms with Crippen molar-refractivity contribution in [3.63, 3.8) is 0 Å². The molecule has 16 heavy (non-hydrogen) atoms. The summed E-state index contributed by atoms with van der Waals surface area (Å²) in [5.41, 5.74) is 3.43. The van der Waals surface area contributed by atoms with Crippen LogP contribution in [-0.4, -0.2) is 11.5 Å². The number of anilines is 1. The quantitative estimate of drug-likeness (QED) is 0.863. The summed E-state index contributed by atoms with van der Waals surface area (Å²) in [5.74, 6) is 0. The number of rotatable bonds is 4. The van der Waals surface area contributed by atoms with Gasteiger partial charge in [0.1, 0.15) is 0 Å². The predicted molar refractivity (Wildman–Crippen MR) is 71.1 cm³/mol. The zero-order valence-electron chi connectivity index (χ0n) is 9.66. The standard InChI is InChI=1S/C13H16N2S/c1-3-7-14-12-6-4-5-11(8-12)13-9-16-10(2)15-13/h4-6,8-9,14H,3,7H2,1-2H3. The Labute approximate surface area is 100 Å². The van der Waals surface area contributed by atoms with E-state index in [1.54, 1.807) is 11.3 Å². The van der Waals surface area contributed by atoms with Crippen LogP contribution in [0.4, 0.5) is 5.69 Å². The van der Waals surface area contributed by atoms with Crippen molar-refractivity contribution >= 4 is 17.0 Å². The maximum absolute atomic E-state index is 4.49. The summed E-state index contributed by atoms with van der Waals surface area (Å²) in [7, 11) is 0. The lowest BCUT2D eigenvalue weighted by Gasteiger charge is -2.05. The van der Waals surface area contributed by atoms with Crippen LogP contribution in [0.3, 0.4) is 0 Å². The van der Waals surface area contributed by atoms with Gasteiger partial charge in [-0.1, -0.05) is 19.1 Å². The molecule has 2 aromatic rings. The molecule has 0 unspecified atom stereocenters. The molecule has 84 valence electrons. The summed E-state index contributed by atoms with van der Waals surface area (Å²) in [6.45, 7) is 5.22. The fourth-order valence-corrected chi connectivity index (χ4v) is 2.18. The van der Waals surface area contributed by atoms with Gasteiger partial charge in [-0.05, 0) is 25.5 Å². The number of hydrogen-bond donors (Lipinski definition) is 1. The van der Waals surface area contributed by atoms with Crippen molar-refractivity contribution in [3.05, 3.63) is 34.7 Å². The molecule has 0 saturated carbocycles. The second-order valence-electron chi connectivity index (χ2n) is 3.76. The van der Waals surface area contributed by atoms with Crippen LogP contribution in [-0.2, 0) is 0 Å². The molecule has 0 atom stereocenters. The number of aromatic nitrogens is 1. The molecule has 0 radical (unpaired) electrons. The summed E-state index contributed by atoms with van der Waals surface area (Å²) in [4.78, 5) is 4.49. The smallest absolute Gasteiger partial charge is 0.0901 e. The van der Waals surface area contributed by atoms with Gasteiger partial charge in [0.2, 0.25) is 0 Å². The molecule has 0 bridgehead atoms. The van der Waals surface area contributed by atoms with Gasteiger partial charge in [0.25, 0.3) is 0 Å². The Balaban J connectivity index is 2.22. The van der Waals surface area contributed by atoms with Crippen molar-refractivity contribution in [2.75, 3.05) is 11.9 Å². The summed E-state index contributed by atoms with van der Waals surface area (Å²) >= 11 is 1.69. The predicted octanol–water partition coefficient (Wildman–Crippen LogP) is 3.94. The highest BCUT2D eigenvalue weighted by molar-refractivity contribution is 7.09. The van der Waals surface area contributed by atoms with Gasteiger partial charge in [-0.15, -0.1) is 11.3 Å². The molecular weight excluding hydrogens is 216 g/mol. The molecule has 0 aliphatic heterocycles. The molecule has 1 aromatic heterocycles. The first-order chi connectivity index (χ1) is 7.79. The second-order valence-corrected chi connectivity index (χ2v) is 4.82. The van der Waals surface area contributed by atoms with E-state index in [4.69, 9.17) is 0 Å². The Morgan fingerprint density at radius 1 is 1.38 bits per heavy atom. The normalized spacial score (nSPS) is 10.4. The Hall–Kier alpha value is -1.35. The Morgan fingerprint density at radius 3 is 2.94 bits per heavy atom. The van der Waals surface area contributed by atoms with E-state index in [-0.39, 0.29) is 0 Å². The Bertz CT molecular complexity index is 462. The van der Waals surface area contributed by atoms with Gasteiger partial charge in [-0.25, -0.2) is 4.98 Å². The molecular formula is C13H16N2S. The van der Waals surface area contributed by atoms with E-state index in [9.17, 15) is 0 Å². The molecule has 1 N–H and O–H groups in total. The molecule has 0 saturated heterocycles. The average Bonchev–Trinajstić information content (AvgIpc) is 2.74. The van der Waals surface area contributed by atoms with Crippen LogP contribution < -0.4 is 5.32 Å². The first-order valence-electron chi connectivity index (χ1n) is 5.56. The Kier molecular flexibility index (Phi) is 3.57. The minimum atomic E-state index is 1.01. The first-order valence-corrected chi connectivity index (χ1v) is 6.44. The minimum absolute atomic E-state index is 1.01. The number of thiazole rings is 1. The molecule has 1 heterocycles. The molecule has 1 aromatic carbocycles. The van der Waals surface area contributed by atoms with E-state index >= 15 is 0 Å². The zero-order valence-corrected chi connectivity index (χ0v) is 10.5. The van der Waals surface area contributed by atoms with Crippen LogP contribution in [0.2, 0.25) is 0 Å². The molecule has 0 fully saturated rings. The number of hydrogen-bond acceptors (Lipinski definition) is 3. The lowest BCUT2D eigenvalue weighted by atomic mass is 10.1. The maximum atomic E-state index is 4.49. The molecule has 0 spiro atoms. The monoisotopic (exact) mass is 232 g/mol. The minimum Gasteiger partial charge on any atom is -0.385 e. The SMILES string of the molecule is CCCNc1cccc(-c2csc(C)n2)c1. The van der Waals surface area contributed by atoms with Crippen molar-refractivity contribution in [3.8, 4) is 11.3 Å². The summed E-state index contributed by atoms with van der Waals surface area (Å²) in [6.07, 6.45) is 1.14. The Morgan fingerprint density at radius 2 is 2.25 bits per heavy atom. The number of nitrogens with zero attached hydrogens (tertiary/aromatic N) is 1. The van der Waals surface area contributed by atoms with E-state index in [1.165, 1.54) is 11.3 Å². The van der Waals surface area contributed by atoms with Gasteiger partial charge in [-0.2, -0.15) is 0 Å². The second kappa shape index (κ2) is 5.12. The van der Waals surface area contributed by atoms with Crippen molar-refractivity contribution in [1.29, 1.82) is 0 Å². The first kappa shape index (κ1) is 11.1. The summed E-state index contributed by atoms with van der Waals surface area (Å²) < 4.78 is 0. The van der Waals surface area contributed by atoms with E-state index in [2.05, 4.69) is 46.9 Å². The van der Waals surface area contributed by atoms with Crippen LogP contribution in [0.25, 0.3) is 11.3 Å². The molecule has 3 heteroatoms. The van der Waals surface area contributed by atoms with E-state index in [0.29, 0.717) is 0 Å². The average molecular weight is 232 g/mol. The number of nitrogens with one attached hydrogen (secondary N) is 1. The van der Waals surface area contributed by atoms with Gasteiger partial charge in [-0.3, -0.25) is 0 Å². The third-order valence-electron chi connectivity index (χ3n) is 2.36. The third kappa shape index (κ3) is 2.61. The van der Waals surface area contributed by atoms with Crippen molar-refractivity contribution in [1.82, 2.24) is 4.98 Å². The molecule has 0 amide bonds. The van der Waals surface area contributed by atoms with Crippen LogP contribution in [0, 0.1) is 6.92 Å². The van der Waals surface area contributed by atoms with Crippen LogP contribution in [0.1, 0.15) is 18.4 Å². The fraction of sp³-hybridized carbons (Fsp3) is 0.308. The van der Waals surface area contributed by atoms with Gasteiger partial charge in [0.15, 0.2) is 0 Å². The molecule has 2 rings (SSSR count). The summed E-state index contributed by atoms with van der Waals surface area (Å²) in [6, 6.07) is 8.43. The van der Waals surface area contributed by atoms with E-state index < -0.39 is 0 Å². The van der Waals surface area contributed by atoms with Crippen molar-refractivity contribution in [2.24, 2.45) is 0 Å². The highest BCUT2D eigenvalue weighted by Crippen LogP contribution is 2.23.